The molecule has 0 unspecified atom stereocenters. The minimum atomic E-state index is -3.38. The molecular weight excluding hydrogens is 535 g/mol. The predicted octanol–water partition coefficient (Wildman–Crippen LogP) is 4.06. The number of piperazine rings is 1. The number of amides is 1. The summed E-state index contributed by atoms with van der Waals surface area (Å²) in [4.78, 5) is 34.0. The van der Waals surface area contributed by atoms with Gasteiger partial charge >= 0.3 is 6.09 Å². The van der Waals surface area contributed by atoms with Crippen LogP contribution in [0.3, 0.4) is 0 Å². The Kier molecular flexibility index (Phi) is 7.41. The highest BCUT2D eigenvalue weighted by Gasteiger charge is 2.41. The second-order valence-electron chi connectivity index (χ2n) is 12.1. The number of benzene rings is 3. The fourth-order valence-electron chi connectivity index (χ4n) is 5.40. The Balaban J connectivity index is 1.50. The molecule has 1 saturated heterocycles. The fourth-order valence-corrected chi connectivity index (χ4v) is 8.45. The normalized spacial score (nSPS) is 16.1. The molecule has 0 N–H and O–H groups in total. The number of carbonyl (C=O) groups excluding carboxylic acids is 2. The largest absolute Gasteiger partial charge is 0.444 e. The number of nitrogens with zero attached hydrogens (tertiary/aromatic N) is 4. The smallest absolute Gasteiger partial charge is 0.410 e. The summed E-state index contributed by atoms with van der Waals surface area (Å²) in [6.45, 7) is 8.10. The summed E-state index contributed by atoms with van der Waals surface area (Å²) in [5.74, 6) is -0.100. The number of hydrogen-bond acceptors (Lipinski definition) is 7. The lowest BCUT2D eigenvalue weighted by molar-refractivity contribution is 0.0240. The van der Waals surface area contributed by atoms with Crippen LogP contribution in [-0.2, 0) is 9.30 Å². The van der Waals surface area contributed by atoms with Gasteiger partial charge in [0.2, 0.25) is 0 Å². The Morgan fingerprint density at radius 1 is 0.780 bits per heavy atom. The predicted molar refractivity (Wildman–Crippen MR) is 168 cm³/mol. The molecule has 41 heavy (non-hydrogen) atoms. The molecule has 0 aromatic heterocycles. The molecule has 0 atom stereocenters. The molecule has 2 aliphatic heterocycles. The van der Waals surface area contributed by atoms with E-state index in [2.05, 4.69) is 4.90 Å². The molecular formula is C32H39N4O4P. The lowest BCUT2D eigenvalue weighted by Crippen LogP contribution is -2.50. The van der Waals surface area contributed by atoms with Crippen molar-refractivity contribution in [3.05, 3.63) is 71.8 Å². The fraction of sp³-hybridized carbons (Fsp3) is 0.375. The van der Waals surface area contributed by atoms with Crippen molar-refractivity contribution in [2.75, 3.05) is 69.1 Å². The molecule has 3 aromatic carbocycles. The van der Waals surface area contributed by atoms with Crippen LogP contribution in [-0.4, -0.2) is 76.7 Å². The molecule has 0 radical (unpaired) electrons. The second kappa shape index (κ2) is 10.6. The van der Waals surface area contributed by atoms with Gasteiger partial charge in [-0.1, -0.05) is 0 Å². The van der Waals surface area contributed by atoms with Crippen LogP contribution >= 0.6 is 7.14 Å². The highest BCUT2D eigenvalue weighted by Crippen LogP contribution is 2.49. The Labute approximate surface area is 242 Å². The van der Waals surface area contributed by atoms with Crippen LogP contribution in [0, 0.1) is 0 Å². The van der Waals surface area contributed by atoms with Crippen molar-refractivity contribution in [1.29, 1.82) is 0 Å². The summed E-state index contributed by atoms with van der Waals surface area (Å²) in [5, 5.41) is 1.85. The van der Waals surface area contributed by atoms with Gasteiger partial charge in [0.1, 0.15) is 5.60 Å². The number of ketones is 1. The Morgan fingerprint density at radius 3 is 1.71 bits per heavy atom. The highest BCUT2D eigenvalue weighted by atomic mass is 31.2. The lowest BCUT2D eigenvalue weighted by Gasteiger charge is -2.37. The van der Waals surface area contributed by atoms with Gasteiger partial charge in [-0.25, -0.2) is 4.79 Å². The van der Waals surface area contributed by atoms with E-state index in [4.69, 9.17) is 4.74 Å². The number of hydrogen-bond donors (Lipinski definition) is 0. The average Bonchev–Trinajstić information content (AvgIpc) is 2.94. The van der Waals surface area contributed by atoms with Crippen LogP contribution in [0.4, 0.5) is 21.9 Å². The zero-order valence-corrected chi connectivity index (χ0v) is 25.9. The number of rotatable bonds is 4. The summed E-state index contributed by atoms with van der Waals surface area (Å²) in [6, 6.07) is 19.1. The molecule has 0 bridgehead atoms. The first-order valence-electron chi connectivity index (χ1n) is 13.9. The Bertz CT molecular complexity index is 1470. The van der Waals surface area contributed by atoms with Crippen LogP contribution in [0.25, 0.3) is 0 Å². The maximum atomic E-state index is 15.4. The van der Waals surface area contributed by atoms with Gasteiger partial charge in [-0.15, -0.1) is 0 Å². The van der Waals surface area contributed by atoms with Crippen LogP contribution in [0.2, 0.25) is 0 Å². The number of ether oxygens (including phenoxy) is 1. The molecule has 2 heterocycles. The van der Waals surface area contributed by atoms with E-state index in [1.54, 1.807) is 17.0 Å². The summed E-state index contributed by atoms with van der Waals surface area (Å²) < 4.78 is 21.0. The summed E-state index contributed by atoms with van der Waals surface area (Å²) in [5.41, 5.74) is 3.25. The first kappa shape index (κ1) is 28.7. The molecule has 9 heteroatoms. The van der Waals surface area contributed by atoms with Gasteiger partial charge in [-0.2, -0.15) is 0 Å². The van der Waals surface area contributed by atoms with Gasteiger partial charge in [0.15, 0.2) is 12.9 Å². The van der Waals surface area contributed by atoms with Gasteiger partial charge in [0.25, 0.3) is 0 Å². The summed E-state index contributed by atoms with van der Waals surface area (Å²) in [6.07, 6.45) is -0.288. The SMILES string of the molecule is CN(C)c1ccc2c(c1)P(=O)(c1ccc(N3CCN(C(=O)OC(C)(C)C)CC3)cc1)c1cc(N(C)C)ccc1C2=O. The maximum Gasteiger partial charge on any atom is 0.410 e. The van der Waals surface area contributed by atoms with E-state index in [0.717, 1.165) is 17.1 Å². The first-order valence-corrected chi connectivity index (χ1v) is 15.6. The molecule has 1 fully saturated rings. The minimum absolute atomic E-state index is 0.100. The molecule has 1 amide bonds. The van der Waals surface area contributed by atoms with E-state index < -0.39 is 12.7 Å². The zero-order valence-electron chi connectivity index (χ0n) is 25.0. The van der Waals surface area contributed by atoms with Gasteiger partial charge in [-0.05, 0) is 81.4 Å². The average molecular weight is 575 g/mol. The Morgan fingerprint density at radius 2 is 1.27 bits per heavy atom. The number of fused-ring (bicyclic) bond motifs is 2. The van der Waals surface area contributed by atoms with E-state index in [9.17, 15) is 9.59 Å². The van der Waals surface area contributed by atoms with Crippen molar-refractivity contribution in [3.63, 3.8) is 0 Å². The van der Waals surface area contributed by atoms with Crippen LogP contribution in [0.5, 0.6) is 0 Å². The number of anilines is 3. The zero-order chi connectivity index (χ0) is 29.7. The van der Waals surface area contributed by atoms with E-state index in [1.165, 1.54) is 0 Å². The first-order chi connectivity index (χ1) is 19.3. The molecule has 216 valence electrons. The molecule has 3 aromatic rings. The standard InChI is InChI=1S/C32H39N4O4P/c1-32(2,3)40-31(38)36-18-16-35(17-19-36)22-8-12-25(13-9-22)41(39)28-20-23(33(4)5)10-14-26(28)30(37)27-15-11-24(34(6)7)21-29(27)41/h8-15,20-21H,16-19H2,1-7H3. The summed E-state index contributed by atoms with van der Waals surface area (Å²) >= 11 is 0. The van der Waals surface area contributed by atoms with E-state index in [1.807, 2.05) is 107 Å². The maximum absolute atomic E-state index is 15.4. The van der Waals surface area contributed by atoms with Crippen LogP contribution in [0.1, 0.15) is 36.7 Å². The topological polar surface area (TPSA) is 73.4 Å². The van der Waals surface area contributed by atoms with E-state index in [0.29, 0.717) is 53.2 Å². The number of carbonyl (C=O) groups is 2. The third kappa shape index (κ3) is 5.33. The van der Waals surface area contributed by atoms with Crippen molar-refractivity contribution in [3.8, 4) is 0 Å². The van der Waals surface area contributed by atoms with Gasteiger partial charge in [0.05, 0.1) is 0 Å². The third-order valence-electron chi connectivity index (χ3n) is 7.67. The molecule has 0 saturated carbocycles. The molecule has 0 aliphatic carbocycles. The van der Waals surface area contributed by atoms with Gasteiger partial charge < -0.3 is 28.9 Å². The van der Waals surface area contributed by atoms with Crippen molar-refractivity contribution >= 4 is 52.0 Å². The monoisotopic (exact) mass is 574 g/mol. The van der Waals surface area contributed by atoms with E-state index in [-0.39, 0.29) is 11.9 Å². The lowest BCUT2D eigenvalue weighted by atomic mass is 10.0. The second-order valence-corrected chi connectivity index (χ2v) is 14.8. The molecule has 2 aliphatic rings. The summed E-state index contributed by atoms with van der Waals surface area (Å²) in [7, 11) is 4.37. The molecule has 8 nitrogen and oxygen atoms in total. The van der Waals surface area contributed by atoms with Gasteiger partial charge in [0, 0.05) is 98.5 Å². The van der Waals surface area contributed by atoms with Crippen molar-refractivity contribution < 1.29 is 18.9 Å². The van der Waals surface area contributed by atoms with Crippen molar-refractivity contribution in [2.24, 2.45) is 0 Å². The van der Waals surface area contributed by atoms with Crippen molar-refractivity contribution in [1.82, 2.24) is 4.90 Å². The minimum Gasteiger partial charge on any atom is -0.444 e. The van der Waals surface area contributed by atoms with Crippen molar-refractivity contribution in [2.45, 2.75) is 26.4 Å². The Hall–Kier alpha value is -3.77. The molecule has 0 spiro atoms. The van der Waals surface area contributed by atoms with Crippen LogP contribution < -0.4 is 30.6 Å². The van der Waals surface area contributed by atoms with E-state index >= 15 is 4.57 Å². The van der Waals surface area contributed by atoms with Crippen LogP contribution in [0.15, 0.2) is 60.7 Å². The highest BCUT2D eigenvalue weighted by molar-refractivity contribution is 7.85. The third-order valence-corrected chi connectivity index (χ3v) is 10.8. The van der Waals surface area contributed by atoms with Gasteiger partial charge in [-0.3, -0.25) is 4.79 Å². The molecule has 5 rings (SSSR count). The quantitative estimate of drug-likeness (QED) is 0.341.